The van der Waals surface area contributed by atoms with Gasteiger partial charge >= 0.3 is 12.0 Å². The third-order valence-corrected chi connectivity index (χ3v) is 2.88. The first-order valence-corrected chi connectivity index (χ1v) is 6.25. The van der Waals surface area contributed by atoms with E-state index in [2.05, 4.69) is 0 Å². The van der Waals surface area contributed by atoms with Crippen molar-refractivity contribution >= 4 is 12.0 Å². The number of aliphatic hydroxyl groups excluding tert-OH is 1. The highest BCUT2D eigenvalue weighted by atomic mass is 16.4. The van der Waals surface area contributed by atoms with E-state index in [1.807, 2.05) is 27.7 Å². The van der Waals surface area contributed by atoms with Gasteiger partial charge in [-0.15, -0.1) is 0 Å². The van der Waals surface area contributed by atoms with Gasteiger partial charge in [-0.2, -0.15) is 0 Å². The van der Waals surface area contributed by atoms with Crippen LogP contribution in [0.2, 0.25) is 0 Å². The molecule has 2 N–H and O–H groups in total. The molecule has 6 nitrogen and oxygen atoms in total. The van der Waals surface area contributed by atoms with E-state index in [1.54, 1.807) is 0 Å². The van der Waals surface area contributed by atoms with Crippen LogP contribution in [0.15, 0.2) is 0 Å². The summed E-state index contributed by atoms with van der Waals surface area (Å²) in [5.41, 5.74) is 0. The topological polar surface area (TPSA) is 81.1 Å². The third-order valence-electron chi connectivity index (χ3n) is 2.88. The Labute approximate surface area is 108 Å². The lowest BCUT2D eigenvalue weighted by Gasteiger charge is -2.35. The van der Waals surface area contributed by atoms with E-state index in [0.717, 1.165) is 0 Å². The minimum Gasteiger partial charge on any atom is -0.480 e. The van der Waals surface area contributed by atoms with Gasteiger partial charge in [-0.1, -0.05) is 6.92 Å². The molecule has 0 saturated heterocycles. The number of aliphatic hydroxyl groups is 1. The molecule has 0 aromatic rings. The quantitative estimate of drug-likeness (QED) is 0.715. The summed E-state index contributed by atoms with van der Waals surface area (Å²) in [6, 6.07) is -0.561. The summed E-state index contributed by atoms with van der Waals surface area (Å²) in [7, 11) is 0. The van der Waals surface area contributed by atoms with Crippen LogP contribution in [0.1, 0.15) is 34.1 Å². The van der Waals surface area contributed by atoms with Crippen molar-refractivity contribution in [3.8, 4) is 0 Å². The number of carbonyl (C=O) groups excluding carboxylic acids is 1. The molecular weight excluding hydrogens is 236 g/mol. The highest BCUT2D eigenvalue weighted by Crippen LogP contribution is 2.10. The van der Waals surface area contributed by atoms with Crippen LogP contribution in [0.4, 0.5) is 4.79 Å². The molecule has 0 radical (unpaired) electrons. The standard InChI is InChI=1S/C12H24N2O4/c1-5-10(4)14(8-11(16)17)12(18)13(6-7-15)9(2)3/h9-10,15H,5-8H2,1-4H3,(H,16,17). The summed E-state index contributed by atoms with van der Waals surface area (Å²) < 4.78 is 0. The van der Waals surface area contributed by atoms with Crippen molar-refractivity contribution in [2.45, 2.75) is 46.2 Å². The molecule has 0 rings (SSSR count). The van der Waals surface area contributed by atoms with Crippen molar-refractivity contribution in [3.05, 3.63) is 0 Å². The molecular formula is C12H24N2O4. The van der Waals surface area contributed by atoms with E-state index in [4.69, 9.17) is 10.2 Å². The molecule has 1 unspecified atom stereocenters. The molecule has 0 aliphatic heterocycles. The molecule has 1 atom stereocenters. The zero-order valence-electron chi connectivity index (χ0n) is 11.6. The first-order valence-electron chi connectivity index (χ1n) is 6.25. The lowest BCUT2D eigenvalue weighted by molar-refractivity contribution is -0.138. The van der Waals surface area contributed by atoms with Gasteiger partial charge in [0.05, 0.1) is 6.61 Å². The summed E-state index contributed by atoms with van der Waals surface area (Å²) in [5.74, 6) is -1.03. The van der Waals surface area contributed by atoms with Gasteiger partial charge in [0, 0.05) is 18.6 Å². The average Bonchev–Trinajstić information content (AvgIpc) is 2.30. The summed E-state index contributed by atoms with van der Waals surface area (Å²) in [5, 5.41) is 17.8. The van der Waals surface area contributed by atoms with Crippen LogP contribution in [0.5, 0.6) is 0 Å². The Morgan fingerprint density at radius 3 is 2.06 bits per heavy atom. The average molecular weight is 260 g/mol. The van der Waals surface area contributed by atoms with E-state index in [0.29, 0.717) is 6.42 Å². The SMILES string of the molecule is CCC(C)N(CC(=O)O)C(=O)N(CCO)C(C)C. The molecule has 2 amide bonds. The van der Waals surface area contributed by atoms with Gasteiger partial charge in [0.2, 0.25) is 0 Å². The monoisotopic (exact) mass is 260 g/mol. The Bertz CT molecular complexity index is 281. The van der Waals surface area contributed by atoms with Gasteiger partial charge in [-0.3, -0.25) is 4.79 Å². The fourth-order valence-corrected chi connectivity index (χ4v) is 1.63. The van der Waals surface area contributed by atoms with E-state index in [9.17, 15) is 9.59 Å². The van der Waals surface area contributed by atoms with Crippen molar-refractivity contribution in [2.24, 2.45) is 0 Å². The molecule has 18 heavy (non-hydrogen) atoms. The van der Waals surface area contributed by atoms with Crippen LogP contribution in [0, 0.1) is 0 Å². The summed E-state index contributed by atoms with van der Waals surface area (Å²) >= 11 is 0. The number of carboxylic acids is 1. The first kappa shape index (κ1) is 16.7. The predicted molar refractivity (Wildman–Crippen MR) is 68.4 cm³/mol. The second-order valence-electron chi connectivity index (χ2n) is 4.57. The number of carbonyl (C=O) groups is 2. The zero-order valence-corrected chi connectivity index (χ0v) is 11.6. The number of aliphatic carboxylic acids is 1. The van der Waals surface area contributed by atoms with Gasteiger partial charge in [0.15, 0.2) is 0 Å². The minimum absolute atomic E-state index is 0.0787. The second kappa shape index (κ2) is 7.92. The molecule has 106 valence electrons. The lowest BCUT2D eigenvalue weighted by atomic mass is 10.2. The van der Waals surface area contributed by atoms with Crippen molar-refractivity contribution < 1.29 is 19.8 Å². The van der Waals surface area contributed by atoms with Crippen LogP contribution < -0.4 is 0 Å². The Hall–Kier alpha value is -1.30. The molecule has 0 fully saturated rings. The largest absolute Gasteiger partial charge is 0.480 e. The molecule has 0 aliphatic carbocycles. The number of carboxylic acid groups (broad SMARTS) is 1. The molecule has 0 aliphatic rings. The number of hydrogen-bond donors (Lipinski definition) is 2. The Kier molecular flexibility index (Phi) is 7.35. The summed E-state index contributed by atoms with van der Waals surface area (Å²) in [6.07, 6.45) is 0.685. The normalized spacial score (nSPS) is 12.3. The number of nitrogens with zero attached hydrogens (tertiary/aromatic N) is 2. The van der Waals surface area contributed by atoms with Crippen LogP contribution >= 0.6 is 0 Å². The molecule has 0 saturated carbocycles. The Balaban J connectivity index is 4.95. The molecule has 6 heteroatoms. The lowest BCUT2D eigenvalue weighted by Crippen LogP contribution is -2.52. The fourth-order valence-electron chi connectivity index (χ4n) is 1.63. The number of hydrogen-bond acceptors (Lipinski definition) is 3. The van der Waals surface area contributed by atoms with Crippen LogP contribution in [-0.4, -0.2) is 63.8 Å². The van der Waals surface area contributed by atoms with Crippen molar-refractivity contribution in [2.75, 3.05) is 19.7 Å². The maximum absolute atomic E-state index is 12.3. The smallest absolute Gasteiger partial charge is 0.323 e. The van der Waals surface area contributed by atoms with Crippen LogP contribution in [0.3, 0.4) is 0 Å². The van der Waals surface area contributed by atoms with E-state index >= 15 is 0 Å². The highest BCUT2D eigenvalue weighted by molar-refractivity contribution is 5.80. The summed E-state index contributed by atoms with van der Waals surface area (Å²) in [6.45, 7) is 7.15. The van der Waals surface area contributed by atoms with Crippen molar-refractivity contribution in [1.82, 2.24) is 9.80 Å². The minimum atomic E-state index is -1.03. The first-order chi connectivity index (χ1) is 8.34. The highest BCUT2D eigenvalue weighted by Gasteiger charge is 2.27. The van der Waals surface area contributed by atoms with E-state index in [1.165, 1.54) is 9.80 Å². The van der Waals surface area contributed by atoms with Crippen LogP contribution in [0.25, 0.3) is 0 Å². The maximum Gasteiger partial charge on any atom is 0.323 e. The number of urea groups is 1. The van der Waals surface area contributed by atoms with Crippen molar-refractivity contribution in [3.63, 3.8) is 0 Å². The van der Waals surface area contributed by atoms with Crippen LogP contribution in [-0.2, 0) is 4.79 Å². The zero-order chi connectivity index (χ0) is 14.3. The van der Waals surface area contributed by atoms with Crippen molar-refractivity contribution in [1.29, 1.82) is 0 Å². The Morgan fingerprint density at radius 1 is 1.17 bits per heavy atom. The third kappa shape index (κ3) is 4.91. The molecule has 0 aromatic carbocycles. The predicted octanol–water partition coefficient (Wildman–Crippen LogP) is 0.994. The molecule has 0 heterocycles. The molecule has 0 aromatic heterocycles. The van der Waals surface area contributed by atoms with Gasteiger partial charge in [-0.05, 0) is 27.2 Å². The van der Waals surface area contributed by atoms with Gasteiger partial charge in [0.1, 0.15) is 6.54 Å². The van der Waals surface area contributed by atoms with Gasteiger partial charge in [0.25, 0.3) is 0 Å². The second-order valence-corrected chi connectivity index (χ2v) is 4.57. The molecule has 0 bridgehead atoms. The van der Waals surface area contributed by atoms with E-state index < -0.39 is 5.97 Å². The molecule has 0 spiro atoms. The van der Waals surface area contributed by atoms with Gasteiger partial charge < -0.3 is 20.0 Å². The maximum atomic E-state index is 12.3. The number of rotatable bonds is 7. The fraction of sp³-hybridized carbons (Fsp3) is 0.833. The van der Waals surface area contributed by atoms with Gasteiger partial charge in [-0.25, -0.2) is 4.79 Å². The van der Waals surface area contributed by atoms with E-state index in [-0.39, 0.29) is 37.8 Å². The Morgan fingerprint density at radius 2 is 1.72 bits per heavy atom. The number of amides is 2. The summed E-state index contributed by atoms with van der Waals surface area (Å²) in [4.78, 5) is 25.9.